The first-order chi connectivity index (χ1) is 9.35. The molecule has 0 aromatic heterocycles. The average Bonchev–Trinajstić information content (AvgIpc) is 2.98. The van der Waals surface area contributed by atoms with Gasteiger partial charge in [0.1, 0.15) is 5.92 Å². The quantitative estimate of drug-likeness (QED) is 0.589. The molecule has 0 radical (unpaired) electrons. The summed E-state index contributed by atoms with van der Waals surface area (Å²) in [6, 6.07) is 0. The lowest BCUT2D eigenvalue weighted by Crippen LogP contribution is -2.46. The van der Waals surface area contributed by atoms with Crippen molar-refractivity contribution in [3.8, 4) is 0 Å². The van der Waals surface area contributed by atoms with E-state index in [0.29, 0.717) is 12.8 Å². The molecule has 108 valence electrons. The molecule has 5 atom stereocenters. The normalized spacial score (nSPS) is 41.4. The Kier molecular flexibility index (Phi) is 2.85. The van der Waals surface area contributed by atoms with Gasteiger partial charge in [-0.15, -0.1) is 0 Å². The second-order valence-corrected chi connectivity index (χ2v) is 7.77. The number of hydrogen-bond donors (Lipinski definition) is 0. The fourth-order valence-electron chi connectivity index (χ4n) is 3.03. The summed E-state index contributed by atoms with van der Waals surface area (Å²) in [4.78, 5) is 26.9. The van der Waals surface area contributed by atoms with Crippen LogP contribution in [0.1, 0.15) is 33.6 Å². The van der Waals surface area contributed by atoms with E-state index >= 15 is 0 Å². The van der Waals surface area contributed by atoms with Crippen molar-refractivity contribution >= 4 is 23.7 Å². The topological polar surface area (TPSA) is 57.0 Å². The molecule has 5 unspecified atom stereocenters. The smallest absolute Gasteiger partial charge is 0.331 e. The van der Waals surface area contributed by atoms with E-state index < -0.39 is 22.5 Å². The summed E-state index contributed by atoms with van der Waals surface area (Å²) in [5, 5.41) is 0.00200. The maximum absolute atomic E-state index is 12.2. The molecule has 2 bridgehead atoms. The van der Waals surface area contributed by atoms with Crippen LogP contribution in [-0.4, -0.2) is 34.3 Å². The Labute approximate surface area is 122 Å². The van der Waals surface area contributed by atoms with Crippen molar-refractivity contribution in [2.24, 2.45) is 11.3 Å². The van der Waals surface area contributed by atoms with E-state index in [1.54, 1.807) is 0 Å². The van der Waals surface area contributed by atoms with Crippen LogP contribution in [0.4, 0.5) is 0 Å². The Morgan fingerprint density at radius 1 is 1.65 bits per heavy atom. The van der Waals surface area contributed by atoms with Crippen LogP contribution in [0.25, 0.3) is 4.85 Å². The molecule has 0 N–H and O–H groups in total. The first-order valence-electron chi connectivity index (χ1n) is 6.83. The van der Waals surface area contributed by atoms with Crippen molar-refractivity contribution in [3.63, 3.8) is 0 Å². The summed E-state index contributed by atoms with van der Waals surface area (Å²) in [5.41, 5.74) is -0.556. The van der Waals surface area contributed by atoms with Gasteiger partial charge in [-0.3, -0.25) is 14.4 Å². The molecule has 3 rings (SSSR count). The van der Waals surface area contributed by atoms with Gasteiger partial charge in [-0.25, -0.2) is 6.57 Å². The van der Waals surface area contributed by atoms with Gasteiger partial charge >= 0.3 is 16.8 Å². The molecule has 3 heterocycles. The summed E-state index contributed by atoms with van der Waals surface area (Å²) in [5.74, 6) is -0.943. The summed E-state index contributed by atoms with van der Waals surface area (Å²) in [6.07, 6.45) is 0.178. The highest BCUT2D eigenvalue weighted by atomic mass is 32.2. The predicted molar refractivity (Wildman–Crippen MR) is 72.7 cm³/mol. The molecule has 0 amide bonds. The van der Waals surface area contributed by atoms with Crippen molar-refractivity contribution in [1.82, 2.24) is 0 Å². The minimum absolute atomic E-state index is 0.00200. The molecule has 6 heteroatoms. The van der Waals surface area contributed by atoms with Crippen molar-refractivity contribution in [3.05, 3.63) is 11.4 Å². The van der Waals surface area contributed by atoms with E-state index in [4.69, 9.17) is 16.0 Å². The molecule has 3 fully saturated rings. The average molecular weight is 295 g/mol. The number of esters is 2. The fraction of sp³-hybridized carbons (Fsp3) is 0.786. The van der Waals surface area contributed by atoms with Gasteiger partial charge < -0.3 is 9.47 Å². The molecule has 3 saturated heterocycles. The Bertz CT molecular complexity index is 526. The number of fused-ring (bicyclic) bond motifs is 1. The zero-order chi connectivity index (χ0) is 14.7. The van der Waals surface area contributed by atoms with Crippen LogP contribution in [-0.2, 0) is 19.1 Å². The van der Waals surface area contributed by atoms with E-state index in [9.17, 15) is 9.59 Å². The number of carbonyl (C=O) groups excluding carboxylic acids is 2. The van der Waals surface area contributed by atoms with Gasteiger partial charge in [-0.05, 0) is 26.7 Å². The SMILES string of the molecule is [C-]#[N+]C12SC3CC1C(=O)OC2C3OC(=O)C(C)(C)CC. The molecule has 0 aromatic carbocycles. The lowest BCUT2D eigenvalue weighted by atomic mass is 9.83. The van der Waals surface area contributed by atoms with E-state index in [0.717, 1.165) is 0 Å². The van der Waals surface area contributed by atoms with Crippen LogP contribution >= 0.6 is 11.8 Å². The molecule has 3 aliphatic rings. The zero-order valence-corrected chi connectivity index (χ0v) is 12.5. The zero-order valence-electron chi connectivity index (χ0n) is 11.7. The van der Waals surface area contributed by atoms with Crippen LogP contribution in [0.5, 0.6) is 0 Å². The van der Waals surface area contributed by atoms with Gasteiger partial charge in [0, 0.05) is 0 Å². The van der Waals surface area contributed by atoms with Crippen LogP contribution < -0.4 is 0 Å². The number of carbonyl (C=O) groups is 2. The van der Waals surface area contributed by atoms with Crippen LogP contribution in [0.15, 0.2) is 0 Å². The molecule has 3 aliphatic heterocycles. The maximum atomic E-state index is 12.2. The molecule has 0 aromatic rings. The minimum Gasteiger partial charge on any atom is -0.456 e. The molecule has 5 nitrogen and oxygen atoms in total. The third-order valence-corrected chi connectivity index (χ3v) is 6.51. The predicted octanol–water partition coefficient (Wildman–Crippen LogP) is 2.01. The molecular formula is C14H17NO4S. The third-order valence-electron chi connectivity index (χ3n) is 4.76. The number of nitrogens with zero attached hydrogens (tertiary/aromatic N) is 1. The Morgan fingerprint density at radius 3 is 2.95 bits per heavy atom. The number of hydrogen-bond acceptors (Lipinski definition) is 5. The summed E-state index contributed by atoms with van der Waals surface area (Å²) in [7, 11) is 0. The first-order valence-corrected chi connectivity index (χ1v) is 7.71. The number of thioether (sulfide) groups is 1. The Hall–Kier alpha value is -1.22. The van der Waals surface area contributed by atoms with Crippen molar-refractivity contribution in [2.45, 2.75) is 55.9 Å². The largest absolute Gasteiger partial charge is 0.456 e. The second kappa shape index (κ2) is 4.14. The molecule has 0 saturated carbocycles. The van der Waals surface area contributed by atoms with Crippen LogP contribution in [0.3, 0.4) is 0 Å². The van der Waals surface area contributed by atoms with Gasteiger partial charge in [-0.2, -0.15) is 0 Å². The van der Waals surface area contributed by atoms with E-state index in [2.05, 4.69) is 4.85 Å². The summed E-state index contributed by atoms with van der Waals surface area (Å²) < 4.78 is 11.0. The first kappa shape index (κ1) is 13.7. The lowest BCUT2D eigenvalue weighted by molar-refractivity contribution is -0.168. The molecule has 20 heavy (non-hydrogen) atoms. The summed E-state index contributed by atoms with van der Waals surface area (Å²) in [6.45, 7) is 13.0. The minimum atomic E-state index is -0.858. The second-order valence-electron chi connectivity index (χ2n) is 6.27. The van der Waals surface area contributed by atoms with Crippen molar-refractivity contribution < 1.29 is 19.1 Å². The van der Waals surface area contributed by atoms with Crippen LogP contribution in [0, 0.1) is 17.9 Å². The van der Waals surface area contributed by atoms with Gasteiger partial charge in [0.2, 0.25) is 6.10 Å². The van der Waals surface area contributed by atoms with Gasteiger partial charge in [0.15, 0.2) is 6.10 Å². The van der Waals surface area contributed by atoms with Crippen molar-refractivity contribution in [2.75, 3.05) is 0 Å². The van der Waals surface area contributed by atoms with E-state index in [1.807, 2.05) is 20.8 Å². The molecule has 0 spiro atoms. The number of rotatable bonds is 3. The van der Waals surface area contributed by atoms with Gasteiger partial charge in [0.25, 0.3) is 0 Å². The Balaban J connectivity index is 1.83. The van der Waals surface area contributed by atoms with Gasteiger partial charge in [-0.1, -0.05) is 18.7 Å². The maximum Gasteiger partial charge on any atom is 0.331 e. The van der Waals surface area contributed by atoms with E-state index in [-0.39, 0.29) is 23.1 Å². The fourth-order valence-corrected chi connectivity index (χ4v) is 4.86. The van der Waals surface area contributed by atoms with Crippen LogP contribution in [0.2, 0.25) is 0 Å². The monoisotopic (exact) mass is 295 g/mol. The Morgan fingerprint density at radius 2 is 2.35 bits per heavy atom. The third kappa shape index (κ3) is 1.56. The number of ether oxygens (including phenoxy) is 2. The summed E-state index contributed by atoms with van der Waals surface area (Å²) >= 11 is 1.45. The highest BCUT2D eigenvalue weighted by Crippen LogP contribution is 2.64. The highest BCUT2D eigenvalue weighted by Gasteiger charge is 2.79. The molecular weight excluding hydrogens is 278 g/mol. The lowest BCUT2D eigenvalue weighted by Gasteiger charge is -2.28. The highest BCUT2D eigenvalue weighted by molar-refractivity contribution is 8.02. The standard InChI is InChI=1S/C14H17NO4S/c1-5-13(2,3)12(17)18-9-8-6-7-11(16)19-10(9)14(7,15-4)20-8/h7-10H,5-6H2,1-3H3. The van der Waals surface area contributed by atoms with E-state index in [1.165, 1.54) is 11.8 Å². The van der Waals surface area contributed by atoms with Crippen molar-refractivity contribution in [1.29, 1.82) is 0 Å². The molecule has 0 aliphatic carbocycles. The van der Waals surface area contributed by atoms with Gasteiger partial charge in [0.05, 0.1) is 10.7 Å².